The summed E-state index contributed by atoms with van der Waals surface area (Å²) in [5.41, 5.74) is 2.07. The fourth-order valence-electron chi connectivity index (χ4n) is 5.64. The number of aliphatic carboxylic acids is 2. The predicted octanol–water partition coefficient (Wildman–Crippen LogP) is 3.48. The summed E-state index contributed by atoms with van der Waals surface area (Å²) in [5.74, 6) is -2.47. The lowest BCUT2D eigenvalue weighted by Crippen LogP contribution is -2.45. The number of carbonyl (C=O) groups excluding carboxylic acids is 2. The van der Waals surface area contributed by atoms with Crippen molar-refractivity contribution in [1.29, 1.82) is 0 Å². The van der Waals surface area contributed by atoms with Gasteiger partial charge in [0, 0.05) is 36.3 Å². The van der Waals surface area contributed by atoms with Crippen molar-refractivity contribution in [2.45, 2.75) is 51.8 Å². The van der Waals surface area contributed by atoms with Gasteiger partial charge in [-0.3, -0.25) is 14.2 Å². The molecule has 1 fully saturated rings. The third-order valence-electron chi connectivity index (χ3n) is 8.23. The van der Waals surface area contributed by atoms with Crippen molar-refractivity contribution in [2.75, 3.05) is 33.8 Å². The predicted molar refractivity (Wildman–Crippen MR) is 196 cm³/mol. The van der Waals surface area contributed by atoms with Gasteiger partial charge in [0.15, 0.2) is 11.4 Å². The number of esters is 1. The highest BCUT2D eigenvalue weighted by atomic mass is 35.5. The maximum absolute atomic E-state index is 13.8. The van der Waals surface area contributed by atoms with Crippen LogP contribution in [0.5, 0.6) is 5.75 Å². The number of hydrogen-bond acceptors (Lipinski definition) is 10. The molecule has 0 saturated carbocycles. The summed E-state index contributed by atoms with van der Waals surface area (Å²) in [6.45, 7) is 6.77. The fourth-order valence-corrected chi connectivity index (χ4v) is 6.82. The largest absolute Gasteiger partial charge is 0.484 e. The topological polar surface area (TPSA) is 168 Å². The van der Waals surface area contributed by atoms with Crippen LogP contribution in [0.4, 0.5) is 0 Å². The van der Waals surface area contributed by atoms with E-state index in [0.717, 1.165) is 37.1 Å². The molecule has 1 aromatic heterocycles. The Morgan fingerprint density at radius 3 is 2.13 bits per heavy atom. The molecule has 3 heterocycles. The lowest BCUT2D eigenvalue weighted by atomic mass is 9.96. The number of piperidine rings is 1. The lowest BCUT2D eigenvalue weighted by Gasteiger charge is -2.35. The van der Waals surface area contributed by atoms with Gasteiger partial charge in [-0.2, -0.15) is 0 Å². The lowest BCUT2D eigenvalue weighted by molar-refractivity contribution is -0.143. The Labute approximate surface area is 309 Å². The molecule has 2 N–H and O–H groups in total. The number of aromatic nitrogens is 1. The minimum Gasteiger partial charge on any atom is -0.484 e. The van der Waals surface area contributed by atoms with Crippen molar-refractivity contribution >= 4 is 52.8 Å². The molecular weight excluding hydrogens is 712 g/mol. The highest BCUT2D eigenvalue weighted by Crippen LogP contribution is 2.31. The Hall–Kier alpha value is -5.05. The Kier molecular flexibility index (Phi) is 13.7. The quantitative estimate of drug-likeness (QED) is 0.231. The van der Waals surface area contributed by atoms with Crippen LogP contribution in [0.1, 0.15) is 50.8 Å². The second-order valence-corrected chi connectivity index (χ2v) is 14.0. The molecule has 0 radical (unpaired) electrons. The third kappa shape index (κ3) is 10.5. The number of hydrogen-bond donors (Lipinski definition) is 2. The molecular formula is C37H41ClN4O9S. The highest BCUT2D eigenvalue weighted by molar-refractivity contribution is 7.07. The van der Waals surface area contributed by atoms with Gasteiger partial charge in [0.1, 0.15) is 5.75 Å². The van der Waals surface area contributed by atoms with Crippen LogP contribution in [0.3, 0.4) is 0 Å². The Morgan fingerprint density at radius 2 is 1.60 bits per heavy atom. The van der Waals surface area contributed by atoms with Crippen molar-refractivity contribution in [2.24, 2.45) is 4.99 Å². The summed E-state index contributed by atoms with van der Waals surface area (Å²) in [6.07, 6.45) is 4.50. The normalized spacial score (nSPS) is 16.3. The smallest absolute Gasteiger partial charge is 0.338 e. The van der Waals surface area contributed by atoms with Gasteiger partial charge in [-0.1, -0.05) is 47.2 Å². The molecule has 13 nitrogen and oxygen atoms in total. The average Bonchev–Trinajstić information content (AvgIpc) is 3.40. The van der Waals surface area contributed by atoms with Crippen molar-refractivity contribution < 1.29 is 38.9 Å². The number of nitrogens with zero attached hydrogens (tertiary/aromatic N) is 4. The van der Waals surface area contributed by atoms with E-state index < -0.39 is 23.9 Å². The number of carboxylic acid groups (broad SMARTS) is 2. The third-order valence-corrected chi connectivity index (χ3v) is 9.46. The van der Waals surface area contributed by atoms with Gasteiger partial charge in [0.25, 0.3) is 11.5 Å². The van der Waals surface area contributed by atoms with E-state index in [2.05, 4.69) is 24.0 Å². The zero-order chi connectivity index (χ0) is 38.1. The van der Waals surface area contributed by atoms with E-state index in [1.807, 2.05) is 17.0 Å². The van der Waals surface area contributed by atoms with Crippen LogP contribution in [-0.2, 0) is 23.9 Å². The molecule has 0 aliphatic carbocycles. The molecule has 0 spiro atoms. The summed E-state index contributed by atoms with van der Waals surface area (Å²) in [7, 11) is 4.15. The number of thiazole rings is 1. The summed E-state index contributed by atoms with van der Waals surface area (Å²) in [6, 6.07) is 14.1. The average molecular weight is 753 g/mol. The molecule has 15 heteroatoms. The molecule has 1 amide bonds. The molecule has 1 saturated heterocycles. The molecule has 1 atom stereocenters. The number of allylic oxidation sites excluding steroid dienone is 1. The first-order valence-corrected chi connectivity index (χ1v) is 17.6. The molecule has 2 aliphatic rings. The maximum Gasteiger partial charge on any atom is 0.338 e. The van der Waals surface area contributed by atoms with Gasteiger partial charge in [-0.05, 0) is 89.2 Å². The van der Waals surface area contributed by atoms with Gasteiger partial charge in [0.2, 0.25) is 0 Å². The van der Waals surface area contributed by atoms with Crippen LogP contribution in [0.15, 0.2) is 81.7 Å². The number of benzene rings is 2. The first-order chi connectivity index (χ1) is 24.6. The minimum absolute atomic E-state index is 0.0177. The van der Waals surface area contributed by atoms with E-state index >= 15 is 0 Å². The Balaban J connectivity index is 0.000000677. The Morgan fingerprint density at radius 1 is 1.00 bits per heavy atom. The van der Waals surface area contributed by atoms with E-state index in [-0.39, 0.29) is 24.2 Å². The molecule has 276 valence electrons. The van der Waals surface area contributed by atoms with Crippen LogP contribution < -0.4 is 19.6 Å². The number of fused-ring (bicyclic) bond motifs is 1. The molecule has 52 heavy (non-hydrogen) atoms. The SMILES string of the molecule is CC1=C(C(=O)OC(C)C)C(c2ccc(Cl)cc2)n2c(s/c(=C\c3ccc(OCC(=O)N4CCC(N(C)C)CC4)cc3)c2=O)=N1.O=C(O)/C=C\C(=O)O. The van der Waals surface area contributed by atoms with Gasteiger partial charge in [-0.25, -0.2) is 19.4 Å². The zero-order valence-electron chi connectivity index (χ0n) is 29.4. The van der Waals surface area contributed by atoms with Crippen molar-refractivity contribution in [1.82, 2.24) is 14.4 Å². The van der Waals surface area contributed by atoms with Crippen LogP contribution in [-0.4, -0.2) is 94.3 Å². The maximum atomic E-state index is 13.8. The first-order valence-electron chi connectivity index (χ1n) is 16.4. The number of likely N-dealkylation sites (tertiary alicyclic amines) is 1. The minimum atomic E-state index is -1.26. The van der Waals surface area contributed by atoms with E-state index in [1.54, 1.807) is 67.8 Å². The standard InChI is InChI=1S/C33H37ClN4O5S.C4H4O4/c1-20(2)43-32(41)29-21(3)35-33-38(30(29)23-8-10-24(34)11-9-23)31(40)27(44-33)18-22-6-12-26(13-7-22)42-19-28(39)37-16-14-25(15-17-37)36(4)5;5-3(6)1-2-4(7)8/h6-13,18,20,25,30H,14-17,19H2,1-5H3;1-2H,(H,5,6)(H,7,8)/b27-18-;2-1-. The number of carbonyl (C=O) groups is 4. The fraction of sp³-hybridized carbons (Fsp3) is 0.351. The molecule has 1 unspecified atom stereocenters. The zero-order valence-corrected chi connectivity index (χ0v) is 31.0. The van der Waals surface area contributed by atoms with Crippen LogP contribution in [0.25, 0.3) is 6.08 Å². The Bertz CT molecular complexity index is 2010. The van der Waals surface area contributed by atoms with E-state index in [0.29, 0.717) is 49.6 Å². The molecule has 0 bridgehead atoms. The number of halogens is 1. The van der Waals surface area contributed by atoms with Crippen molar-refractivity contribution in [3.8, 4) is 5.75 Å². The summed E-state index contributed by atoms with van der Waals surface area (Å²) in [5, 5.41) is 16.2. The van der Waals surface area contributed by atoms with Crippen LogP contribution in [0, 0.1) is 0 Å². The van der Waals surface area contributed by atoms with Gasteiger partial charge < -0.3 is 29.5 Å². The second-order valence-electron chi connectivity index (χ2n) is 12.5. The molecule has 3 aromatic rings. The molecule has 5 rings (SSSR count). The van der Waals surface area contributed by atoms with Crippen molar-refractivity contribution in [3.05, 3.63) is 108 Å². The van der Waals surface area contributed by atoms with E-state index in [9.17, 15) is 24.0 Å². The number of amides is 1. The van der Waals surface area contributed by atoms with Crippen molar-refractivity contribution in [3.63, 3.8) is 0 Å². The number of carboxylic acids is 2. The van der Waals surface area contributed by atoms with Gasteiger partial charge in [0.05, 0.1) is 27.9 Å². The molecule has 2 aliphatic heterocycles. The summed E-state index contributed by atoms with van der Waals surface area (Å²) < 4.78 is 13.3. The van der Waals surface area contributed by atoms with Gasteiger partial charge in [-0.15, -0.1) is 0 Å². The second kappa shape index (κ2) is 17.9. The number of ether oxygens (including phenoxy) is 2. The number of rotatable bonds is 10. The summed E-state index contributed by atoms with van der Waals surface area (Å²) >= 11 is 7.40. The highest BCUT2D eigenvalue weighted by Gasteiger charge is 2.34. The van der Waals surface area contributed by atoms with E-state index in [4.69, 9.17) is 31.3 Å². The van der Waals surface area contributed by atoms with Gasteiger partial charge >= 0.3 is 17.9 Å². The van der Waals surface area contributed by atoms with E-state index in [1.165, 1.54) is 11.3 Å². The first kappa shape index (κ1) is 39.7. The molecule has 2 aromatic carbocycles. The van der Waals surface area contributed by atoms with Crippen LogP contribution >= 0.6 is 22.9 Å². The van der Waals surface area contributed by atoms with Crippen LogP contribution in [0.2, 0.25) is 5.02 Å². The summed E-state index contributed by atoms with van der Waals surface area (Å²) in [4.78, 5) is 68.0. The monoisotopic (exact) mass is 752 g/mol.